The summed E-state index contributed by atoms with van der Waals surface area (Å²) in [5.74, 6) is 2.61. The van der Waals surface area contributed by atoms with E-state index in [4.69, 9.17) is 9.47 Å². The van der Waals surface area contributed by atoms with Crippen molar-refractivity contribution in [3.8, 4) is 0 Å². The lowest BCUT2D eigenvalue weighted by Crippen LogP contribution is -2.37. The van der Waals surface area contributed by atoms with Crippen LogP contribution in [-0.4, -0.2) is 30.7 Å². The molecule has 1 saturated carbocycles. The smallest absolute Gasteiger partial charge is 0.230 e. The summed E-state index contributed by atoms with van der Waals surface area (Å²) in [5, 5.41) is 3.47. The predicted octanol–water partition coefficient (Wildman–Crippen LogP) is 5.61. The first-order valence-corrected chi connectivity index (χ1v) is 12.4. The van der Waals surface area contributed by atoms with Gasteiger partial charge in [0.15, 0.2) is 0 Å². The van der Waals surface area contributed by atoms with Crippen LogP contribution in [0.5, 0.6) is 0 Å². The minimum Gasteiger partial charge on any atom is -0.376 e. The highest BCUT2D eigenvalue weighted by molar-refractivity contribution is 5.99. The number of hydrogen-bond acceptors (Lipinski definition) is 5. The van der Waals surface area contributed by atoms with Gasteiger partial charge in [0.1, 0.15) is 11.9 Å². The number of anilines is 3. The van der Waals surface area contributed by atoms with Gasteiger partial charge in [0.2, 0.25) is 5.91 Å². The maximum Gasteiger partial charge on any atom is 0.230 e. The number of aromatic nitrogens is 1. The van der Waals surface area contributed by atoms with Crippen molar-refractivity contribution in [1.82, 2.24) is 4.98 Å². The van der Waals surface area contributed by atoms with Gasteiger partial charge in [0, 0.05) is 17.7 Å². The highest BCUT2D eigenvalue weighted by Crippen LogP contribution is 2.40. The molecule has 1 aromatic heterocycles. The van der Waals surface area contributed by atoms with Crippen molar-refractivity contribution in [2.45, 2.75) is 58.6 Å². The van der Waals surface area contributed by atoms with E-state index >= 15 is 0 Å². The molecule has 6 heteroatoms. The van der Waals surface area contributed by atoms with Gasteiger partial charge in [-0.2, -0.15) is 0 Å². The average molecular weight is 450 g/mol. The van der Waals surface area contributed by atoms with Gasteiger partial charge in [0.25, 0.3) is 0 Å². The number of carbonyl (C=O) groups is 1. The van der Waals surface area contributed by atoms with Gasteiger partial charge in [-0.05, 0) is 67.7 Å². The van der Waals surface area contributed by atoms with E-state index in [1.807, 2.05) is 17.0 Å². The van der Waals surface area contributed by atoms with Gasteiger partial charge in [0.05, 0.1) is 37.7 Å². The highest BCUT2D eigenvalue weighted by Gasteiger charge is 2.33. The molecule has 6 nitrogen and oxygen atoms in total. The number of rotatable bonds is 4. The number of nitrogens with one attached hydrogen (secondary N) is 1. The fourth-order valence-electron chi connectivity index (χ4n) is 5.55. The number of ether oxygens (including phenoxy) is 2. The lowest BCUT2D eigenvalue weighted by Gasteiger charge is -2.33. The SMILES string of the molecule is CC(C)C[C@H]1CC[C@H](C(=O)N2Cc3cccnc3Nc3ccc(C4COCCO4)cc32)CC1. The van der Waals surface area contributed by atoms with Crippen LogP contribution in [0.1, 0.15) is 63.2 Å². The van der Waals surface area contributed by atoms with E-state index in [2.05, 4.69) is 42.3 Å². The maximum absolute atomic E-state index is 13.9. The molecule has 2 aliphatic heterocycles. The number of benzene rings is 1. The van der Waals surface area contributed by atoms with Crippen molar-refractivity contribution >= 4 is 23.1 Å². The van der Waals surface area contributed by atoms with Gasteiger partial charge >= 0.3 is 0 Å². The zero-order valence-corrected chi connectivity index (χ0v) is 19.8. The number of amides is 1. The number of carbonyl (C=O) groups excluding carboxylic acids is 1. The van der Waals surface area contributed by atoms with Crippen LogP contribution in [0.2, 0.25) is 0 Å². The van der Waals surface area contributed by atoms with E-state index in [0.717, 1.165) is 65.8 Å². The molecule has 176 valence electrons. The van der Waals surface area contributed by atoms with Crippen molar-refractivity contribution in [3.05, 3.63) is 47.7 Å². The van der Waals surface area contributed by atoms with E-state index in [1.165, 1.54) is 6.42 Å². The Hall–Kier alpha value is -2.44. The Kier molecular flexibility index (Phi) is 6.65. The number of hydrogen-bond donors (Lipinski definition) is 1. The van der Waals surface area contributed by atoms with Gasteiger partial charge in [-0.15, -0.1) is 0 Å². The second kappa shape index (κ2) is 9.82. The Labute approximate surface area is 196 Å². The number of pyridine rings is 1. The summed E-state index contributed by atoms with van der Waals surface area (Å²) >= 11 is 0. The fraction of sp³-hybridized carbons (Fsp3) is 0.556. The maximum atomic E-state index is 13.9. The van der Waals surface area contributed by atoms with Crippen molar-refractivity contribution in [3.63, 3.8) is 0 Å². The highest BCUT2D eigenvalue weighted by atomic mass is 16.6. The molecule has 1 N–H and O–H groups in total. The first-order chi connectivity index (χ1) is 16.1. The molecule has 3 aliphatic rings. The molecule has 0 bridgehead atoms. The van der Waals surface area contributed by atoms with Gasteiger partial charge in [-0.25, -0.2) is 4.98 Å². The Bertz CT molecular complexity index is 978. The third-order valence-corrected chi connectivity index (χ3v) is 7.24. The molecule has 5 rings (SSSR count). The Morgan fingerprint density at radius 3 is 2.79 bits per heavy atom. The summed E-state index contributed by atoms with van der Waals surface area (Å²) in [4.78, 5) is 20.4. The van der Waals surface area contributed by atoms with E-state index < -0.39 is 0 Å². The molecule has 3 heterocycles. The molecule has 1 unspecified atom stereocenters. The predicted molar refractivity (Wildman–Crippen MR) is 130 cm³/mol. The molecule has 1 aliphatic carbocycles. The summed E-state index contributed by atoms with van der Waals surface area (Å²) in [6.07, 6.45) is 7.22. The summed E-state index contributed by atoms with van der Waals surface area (Å²) in [6, 6.07) is 10.2. The molecular weight excluding hydrogens is 414 g/mol. The average Bonchev–Trinajstić information content (AvgIpc) is 3.00. The van der Waals surface area contributed by atoms with Gasteiger partial charge in [-0.1, -0.05) is 26.0 Å². The first kappa shape index (κ1) is 22.4. The normalized spacial score (nSPS) is 25.1. The van der Waals surface area contributed by atoms with E-state index in [9.17, 15) is 4.79 Å². The van der Waals surface area contributed by atoms with Crippen LogP contribution in [0.25, 0.3) is 0 Å². The van der Waals surface area contributed by atoms with Crippen LogP contribution in [0.3, 0.4) is 0 Å². The minimum absolute atomic E-state index is 0.0809. The van der Waals surface area contributed by atoms with Gasteiger partial charge < -0.3 is 19.7 Å². The topological polar surface area (TPSA) is 63.7 Å². The summed E-state index contributed by atoms with van der Waals surface area (Å²) in [5.41, 5.74) is 3.91. The lowest BCUT2D eigenvalue weighted by molar-refractivity contribution is -0.123. The standard InChI is InChI=1S/C27H35N3O3/c1-18(2)14-19-5-7-20(8-6-19)27(31)30-16-22-4-3-11-28-26(22)29-23-10-9-21(15-24(23)30)25-17-32-12-13-33-25/h3-4,9-11,15,18-20,25H,5-8,12-14,16-17H2,1-2H3,(H,28,29)/t19-,20-,25?. The zero-order valence-electron chi connectivity index (χ0n) is 19.8. The summed E-state index contributed by atoms with van der Waals surface area (Å²) < 4.78 is 11.6. The van der Waals surface area contributed by atoms with Crippen molar-refractivity contribution in [2.75, 3.05) is 30.0 Å². The van der Waals surface area contributed by atoms with Crippen molar-refractivity contribution < 1.29 is 14.3 Å². The van der Waals surface area contributed by atoms with Crippen LogP contribution in [-0.2, 0) is 20.8 Å². The second-order valence-electron chi connectivity index (χ2n) is 10.1. The summed E-state index contributed by atoms with van der Waals surface area (Å²) in [7, 11) is 0. The third kappa shape index (κ3) is 4.92. The molecule has 0 radical (unpaired) electrons. The molecule has 1 atom stereocenters. The van der Waals surface area contributed by atoms with Crippen LogP contribution >= 0.6 is 0 Å². The molecule has 1 saturated heterocycles. The molecule has 2 fully saturated rings. The third-order valence-electron chi connectivity index (χ3n) is 7.24. The van der Waals surface area contributed by atoms with E-state index in [-0.39, 0.29) is 17.9 Å². The Balaban J connectivity index is 1.43. The van der Waals surface area contributed by atoms with Crippen LogP contribution in [0.4, 0.5) is 17.2 Å². The van der Waals surface area contributed by atoms with Crippen molar-refractivity contribution in [2.24, 2.45) is 17.8 Å². The largest absolute Gasteiger partial charge is 0.376 e. The second-order valence-corrected chi connectivity index (χ2v) is 10.1. The van der Waals surface area contributed by atoms with Crippen LogP contribution in [0, 0.1) is 17.8 Å². The van der Waals surface area contributed by atoms with Crippen molar-refractivity contribution in [1.29, 1.82) is 0 Å². The molecule has 1 aromatic carbocycles. The van der Waals surface area contributed by atoms with Crippen LogP contribution in [0.15, 0.2) is 36.5 Å². The van der Waals surface area contributed by atoms with Crippen LogP contribution < -0.4 is 10.2 Å². The van der Waals surface area contributed by atoms with E-state index in [0.29, 0.717) is 26.4 Å². The summed E-state index contributed by atoms with van der Waals surface area (Å²) in [6.45, 7) is 6.89. The molecular formula is C27H35N3O3. The van der Waals surface area contributed by atoms with Gasteiger partial charge in [-0.3, -0.25) is 4.79 Å². The lowest BCUT2D eigenvalue weighted by atomic mass is 9.78. The number of fused-ring (bicyclic) bond motifs is 2. The first-order valence-electron chi connectivity index (χ1n) is 12.4. The minimum atomic E-state index is -0.101. The van der Waals surface area contributed by atoms with E-state index in [1.54, 1.807) is 6.20 Å². The fourth-order valence-corrected chi connectivity index (χ4v) is 5.55. The quantitative estimate of drug-likeness (QED) is 0.657. The molecule has 33 heavy (non-hydrogen) atoms. The molecule has 0 spiro atoms. The molecule has 2 aromatic rings. The Morgan fingerprint density at radius 1 is 1.18 bits per heavy atom. The Morgan fingerprint density at radius 2 is 2.03 bits per heavy atom. The monoisotopic (exact) mass is 449 g/mol. The number of nitrogens with zero attached hydrogens (tertiary/aromatic N) is 2. The molecule has 1 amide bonds. The zero-order chi connectivity index (χ0) is 22.8.